The topological polar surface area (TPSA) is 59.1 Å². The molecule has 0 saturated heterocycles. The van der Waals surface area contributed by atoms with E-state index in [4.69, 9.17) is 4.74 Å². The van der Waals surface area contributed by atoms with Crippen LogP contribution in [0.4, 0.5) is 11.8 Å². The van der Waals surface area contributed by atoms with Crippen LogP contribution in [0.2, 0.25) is 0 Å². The van der Waals surface area contributed by atoms with Gasteiger partial charge >= 0.3 is 0 Å². The molecule has 1 aromatic carbocycles. The van der Waals surface area contributed by atoms with Crippen LogP contribution in [0, 0.1) is 0 Å². The van der Waals surface area contributed by atoms with Crippen LogP contribution in [0.15, 0.2) is 49.1 Å². The van der Waals surface area contributed by atoms with Gasteiger partial charge in [-0.15, -0.1) is 6.58 Å². The molecule has 1 aromatic heterocycles. The third-order valence-corrected chi connectivity index (χ3v) is 3.03. The Morgan fingerprint density at radius 3 is 2.73 bits per heavy atom. The van der Waals surface area contributed by atoms with Crippen molar-refractivity contribution in [2.45, 2.75) is 6.42 Å². The number of methoxy groups -OCH3 is 1. The van der Waals surface area contributed by atoms with E-state index in [2.05, 4.69) is 27.2 Å². The predicted octanol–water partition coefficient (Wildman–Crippen LogP) is 3.19. The first-order valence-electron chi connectivity index (χ1n) is 7.35. The predicted molar refractivity (Wildman–Crippen MR) is 91.1 cm³/mol. The van der Waals surface area contributed by atoms with Crippen molar-refractivity contribution in [1.82, 2.24) is 9.97 Å². The molecule has 5 heteroatoms. The van der Waals surface area contributed by atoms with Crippen LogP contribution in [0.5, 0.6) is 0 Å². The molecule has 116 valence electrons. The van der Waals surface area contributed by atoms with Gasteiger partial charge in [0.25, 0.3) is 0 Å². The highest BCUT2D eigenvalue weighted by Gasteiger charge is 2.06. The molecule has 0 radical (unpaired) electrons. The highest BCUT2D eigenvalue weighted by atomic mass is 16.5. The zero-order chi connectivity index (χ0) is 15.6. The van der Waals surface area contributed by atoms with E-state index in [1.807, 2.05) is 36.4 Å². The largest absolute Gasteiger partial charge is 0.385 e. The Bertz CT molecular complexity index is 586. The van der Waals surface area contributed by atoms with Crippen molar-refractivity contribution in [3.63, 3.8) is 0 Å². The second-order valence-corrected chi connectivity index (χ2v) is 4.77. The van der Waals surface area contributed by atoms with E-state index in [-0.39, 0.29) is 0 Å². The van der Waals surface area contributed by atoms with Gasteiger partial charge in [-0.2, -0.15) is 4.98 Å². The maximum absolute atomic E-state index is 5.05. The van der Waals surface area contributed by atoms with Crippen LogP contribution >= 0.6 is 0 Å². The van der Waals surface area contributed by atoms with Crippen LogP contribution in [0.1, 0.15) is 6.42 Å². The van der Waals surface area contributed by atoms with Crippen molar-refractivity contribution in [3.05, 3.63) is 49.1 Å². The average Bonchev–Trinajstić information content (AvgIpc) is 2.57. The first-order chi connectivity index (χ1) is 10.8. The van der Waals surface area contributed by atoms with Crippen molar-refractivity contribution in [2.24, 2.45) is 0 Å². The van der Waals surface area contributed by atoms with Crippen molar-refractivity contribution in [3.8, 4) is 11.3 Å². The van der Waals surface area contributed by atoms with E-state index in [9.17, 15) is 0 Å². The summed E-state index contributed by atoms with van der Waals surface area (Å²) in [6.07, 6.45) is 2.71. The molecule has 2 N–H and O–H groups in total. The summed E-state index contributed by atoms with van der Waals surface area (Å²) < 4.78 is 5.05. The molecule has 22 heavy (non-hydrogen) atoms. The average molecular weight is 298 g/mol. The molecule has 0 spiro atoms. The number of hydrogen-bond donors (Lipinski definition) is 2. The third-order valence-electron chi connectivity index (χ3n) is 3.03. The monoisotopic (exact) mass is 298 g/mol. The van der Waals surface area contributed by atoms with Crippen LogP contribution < -0.4 is 10.6 Å². The molecule has 2 aromatic rings. The van der Waals surface area contributed by atoms with Crippen molar-refractivity contribution in [2.75, 3.05) is 37.4 Å². The van der Waals surface area contributed by atoms with Gasteiger partial charge in [-0.1, -0.05) is 36.4 Å². The first kappa shape index (κ1) is 16.0. The van der Waals surface area contributed by atoms with Crippen LogP contribution in [0.25, 0.3) is 11.3 Å². The smallest absolute Gasteiger partial charge is 0.225 e. The van der Waals surface area contributed by atoms with E-state index in [1.165, 1.54) is 0 Å². The maximum Gasteiger partial charge on any atom is 0.225 e. The summed E-state index contributed by atoms with van der Waals surface area (Å²) in [6, 6.07) is 12.0. The molecule has 0 saturated carbocycles. The quantitative estimate of drug-likeness (QED) is 0.550. The molecule has 5 nitrogen and oxygen atoms in total. The lowest BCUT2D eigenvalue weighted by Gasteiger charge is -2.10. The Kier molecular flexibility index (Phi) is 6.39. The molecule has 1 heterocycles. The molecule has 0 bridgehead atoms. The number of anilines is 2. The minimum atomic E-state index is 0.615. The Morgan fingerprint density at radius 1 is 1.18 bits per heavy atom. The Labute approximate surface area is 131 Å². The van der Waals surface area contributed by atoms with E-state index in [0.29, 0.717) is 19.1 Å². The SMILES string of the molecule is C=CCNc1cc(-c2ccccc2)nc(NCCCOC)n1. The number of hydrogen-bond acceptors (Lipinski definition) is 5. The molecule has 0 fully saturated rings. The summed E-state index contributed by atoms with van der Waals surface area (Å²) in [5.41, 5.74) is 1.95. The Hall–Kier alpha value is -2.40. The van der Waals surface area contributed by atoms with E-state index >= 15 is 0 Å². The normalized spacial score (nSPS) is 10.2. The van der Waals surface area contributed by atoms with Gasteiger partial charge < -0.3 is 15.4 Å². The molecule has 2 rings (SSSR count). The lowest BCUT2D eigenvalue weighted by molar-refractivity contribution is 0.197. The molecular formula is C17H22N4O. The highest BCUT2D eigenvalue weighted by molar-refractivity contribution is 5.64. The minimum Gasteiger partial charge on any atom is -0.385 e. The number of rotatable bonds is 9. The molecule has 0 aliphatic carbocycles. The minimum absolute atomic E-state index is 0.615. The van der Waals surface area contributed by atoms with Gasteiger partial charge in [-0.05, 0) is 6.42 Å². The Balaban J connectivity index is 2.18. The van der Waals surface area contributed by atoms with Crippen LogP contribution in [0.3, 0.4) is 0 Å². The van der Waals surface area contributed by atoms with Crippen molar-refractivity contribution < 1.29 is 4.74 Å². The lowest BCUT2D eigenvalue weighted by atomic mass is 10.1. The van der Waals surface area contributed by atoms with Gasteiger partial charge in [-0.25, -0.2) is 4.98 Å². The molecular weight excluding hydrogens is 276 g/mol. The summed E-state index contributed by atoms with van der Waals surface area (Å²) in [7, 11) is 1.70. The van der Waals surface area contributed by atoms with E-state index in [0.717, 1.165) is 30.0 Å². The lowest BCUT2D eigenvalue weighted by Crippen LogP contribution is -2.10. The molecule has 0 unspecified atom stereocenters. The second kappa shape index (κ2) is 8.79. The van der Waals surface area contributed by atoms with Gasteiger partial charge in [0.1, 0.15) is 5.82 Å². The van der Waals surface area contributed by atoms with Gasteiger partial charge in [0, 0.05) is 38.4 Å². The summed E-state index contributed by atoms with van der Waals surface area (Å²) >= 11 is 0. The number of benzene rings is 1. The fourth-order valence-corrected chi connectivity index (χ4v) is 1.97. The first-order valence-corrected chi connectivity index (χ1v) is 7.35. The summed E-state index contributed by atoms with van der Waals surface area (Å²) in [6.45, 7) is 5.86. The Morgan fingerprint density at radius 2 is 2.00 bits per heavy atom. The van der Waals surface area contributed by atoms with Gasteiger partial charge in [-0.3, -0.25) is 0 Å². The summed E-state index contributed by atoms with van der Waals surface area (Å²) in [5.74, 6) is 1.40. The summed E-state index contributed by atoms with van der Waals surface area (Å²) in [4.78, 5) is 9.05. The third kappa shape index (κ3) is 4.86. The number of nitrogens with zero attached hydrogens (tertiary/aromatic N) is 2. The van der Waals surface area contributed by atoms with Gasteiger partial charge in [0.2, 0.25) is 5.95 Å². The van der Waals surface area contributed by atoms with Crippen molar-refractivity contribution in [1.29, 1.82) is 0 Å². The fraction of sp³-hybridized carbons (Fsp3) is 0.294. The number of aromatic nitrogens is 2. The van der Waals surface area contributed by atoms with E-state index < -0.39 is 0 Å². The van der Waals surface area contributed by atoms with Crippen LogP contribution in [-0.2, 0) is 4.74 Å². The standard InChI is InChI=1S/C17H22N4O/c1-3-10-18-16-13-15(14-8-5-4-6-9-14)20-17(21-16)19-11-7-12-22-2/h3-6,8-9,13H,1,7,10-12H2,2H3,(H2,18,19,20,21). The van der Waals surface area contributed by atoms with Gasteiger partial charge in [0.15, 0.2) is 0 Å². The molecule has 0 aliphatic rings. The zero-order valence-corrected chi connectivity index (χ0v) is 12.9. The summed E-state index contributed by atoms with van der Waals surface area (Å²) in [5, 5.41) is 6.45. The maximum atomic E-state index is 5.05. The number of ether oxygens (including phenoxy) is 1. The van der Waals surface area contributed by atoms with Gasteiger partial charge in [0.05, 0.1) is 5.69 Å². The number of nitrogens with one attached hydrogen (secondary N) is 2. The highest BCUT2D eigenvalue weighted by Crippen LogP contribution is 2.21. The van der Waals surface area contributed by atoms with Crippen molar-refractivity contribution >= 4 is 11.8 Å². The van der Waals surface area contributed by atoms with Crippen LogP contribution in [-0.4, -0.2) is 36.8 Å². The molecule has 0 aliphatic heterocycles. The second-order valence-electron chi connectivity index (χ2n) is 4.77. The molecule has 0 atom stereocenters. The molecule has 0 amide bonds. The fourth-order valence-electron chi connectivity index (χ4n) is 1.97. The zero-order valence-electron chi connectivity index (χ0n) is 12.9. The van der Waals surface area contributed by atoms with E-state index in [1.54, 1.807) is 13.2 Å².